The average molecular weight is 292 g/mol. The molecule has 0 bridgehead atoms. The zero-order valence-corrected chi connectivity index (χ0v) is 12.5. The van der Waals surface area contributed by atoms with E-state index in [0.717, 1.165) is 31.2 Å². The van der Waals surface area contributed by atoms with Gasteiger partial charge < -0.3 is 15.8 Å². The van der Waals surface area contributed by atoms with E-state index in [1.54, 1.807) is 0 Å². The molecule has 1 atom stereocenters. The minimum absolute atomic E-state index is 0.157. The monoisotopic (exact) mass is 292 g/mol. The number of nitrogens with one attached hydrogen (secondary N) is 1. The van der Waals surface area contributed by atoms with Crippen LogP contribution in [0.15, 0.2) is 30.3 Å². The third-order valence-corrected chi connectivity index (χ3v) is 3.28. The van der Waals surface area contributed by atoms with Gasteiger partial charge in [-0.2, -0.15) is 0 Å². The third kappa shape index (κ3) is 6.90. The lowest BCUT2D eigenvalue weighted by atomic mass is 10.1. The van der Waals surface area contributed by atoms with Gasteiger partial charge in [-0.3, -0.25) is 9.59 Å². The molecule has 0 saturated heterocycles. The van der Waals surface area contributed by atoms with Crippen LogP contribution in [-0.2, 0) is 14.3 Å². The number of methoxy groups -OCH3 is 1. The Kier molecular flexibility index (Phi) is 8.12. The van der Waals surface area contributed by atoms with Crippen LogP contribution in [0.4, 0.5) is 0 Å². The number of nitrogens with two attached hydrogens (primary N) is 1. The number of benzene rings is 1. The Hall–Kier alpha value is -1.88. The van der Waals surface area contributed by atoms with Gasteiger partial charge in [-0.15, -0.1) is 0 Å². The number of carbonyl (C=O) groups excluding carboxylic acids is 2. The smallest absolute Gasteiger partial charge is 0.305 e. The van der Waals surface area contributed by atoms with Crippen LogP contribution in [0.25, 0.3) is 0 Å². The molecule has 0 aromatic heterocycles. The quantitative estimate of drug-likeness (QED) is 0.538. The Morgan fingerprint density at radius 3 is 2.48 bits per heavy atom. The fraction of sp³-hybridized carbons (Fsp3) is 0.500. The molecule has 0 radical (unpaired) electrons. The topological polar surface area (TPSA) is 81.4 Å². The first kappa shape index (κ1) is 17.2. The Balaban J connectivity index is 2.10. The fourth-order valence-corrected chi connectivity index (χ4v) is 1.98. The molecule has 21 heavy (non-hydrogen) atoms. The molecule has 1 amide bonds. The number of rotatable bonds is 9. The highest BCUT2D eigenvalue weighted by Crippen LogP contribution is 2.09. The first-order chi connectivity index (χ1) is 10.1. The number of amides is 1. The predicted molar refractivity (Wildman–Crippen MR) is 81.5 cm³/mol. The van der Waals surface area contributed by atoms with Crippen molar-refractivity contribution in [3.05, 3.63) is 35.9 Å². The van der Waals surface area contributed by atoms with E-state index < -0.39 is 6.04 Å². The molecule has 0 aliphatic rings. The third-order valence-electron chi connectivity index (χ3n) is 3.28. The van der Waals surface area contributed by atoms with Crippen molar-refractivity contribution in [3.8, 4) is 0 Å². The van der Waals surface area contributed by atoms with Gasteiger partial charge in [0, 0.05) is 13.0 Å². The van der Waals surface area contributed by atoms with Gasteiger partial charge in [0.05, 0.1) is 7.11 Å². The van der Waals surface area contributed by atoms with Crippen molar-refractivity contribution in [3.63, 3.8) is 0 Å². The second-order valence-electron chi connectivity index (χ2n) is 4.92. The van der Waals surface area contributed by atoms with Crippen LogP contribution in [0, 0.1) is 0 Å². The molecule has 0 heterocycles. The molecular formula is C16H24N2O3. The van der Waals surface area contributed by atoms with Crippen molar-refractivity contribution in [2.75, 3.05) is 13.7 Å². The molecule has 3 N–H and O–H groups in total. The van der Waals surface area contributed by atoms with Crippen molar-refractivity contribution < 1.29 is 14.3 Å². The summed E-state index contributed by atoms with van der Waals surface area (Å²) in [6.45, 7) is 0.609. The summed E-state index contributed by atoms with van der Waals surface area (Å²) in [7, 11) is 1.40. The van der Waals surface area contributed by atoms with Gasteiger partial charge in [-0.1, -0.05) is 43.2 Å². The van der Waals surface area contributed by atoms with Gasteiger partial charge in [0.15, 0.2) is 0 Å². The maximum absolute atomic E-state index is 11.9. The van der Waals surface area contributed by atoms with E-state index in [4.69, 9.17) is 5.73 Å². The zero-order chi connectivity index (χ0) is 15.5. The number of ether oxygens (including phenoxy) is 1. The molecule has 0 aliphatic carbocycles. The number of hydrogen-bond donors (Lipinski definition) is 2. The van der Waals surface area contributed by atoms with E-state index in [0.29, 0.717) is 13.0 Å². The van der Waals surface area contributed by atoms with E-state index in [2.05, 4.69) is 10.1 Å². The highest BCUT2D eigenvalue weighted by Gasteiger charge is 2.14. The summed E-state index contributed by atoms with van der Waals surface area (Å²) in [5.41, 5.74) is 6.70. The van der Waals surface area contributed by atoms with E-state index >= 15 is 0 Å². The Morgan fingerprint density at radius 2 is 1.81 bits per heavy atom. The van der Waals surface area contributed by atoms with Crippen molar-refractivity contribution in [1.82, 2.24) is 5.32 Å². The Labute approximate surface area is 125 Å². The minimum Gasteiger partial charge on any atom is -0.469 e. The van der Waals surface area contributed by atoms with Crippen LogP contribution in [0.5, 0.6) is 0 Å². The molecule has 0 spiro atoms. The van der Waals surface area contributed by atoms with Crippen molar-refractivity contribution in [1.29, 1.82) is 0 Å². The summed E-state index contributed by atoms with van der Waals surface area (Å²) in [6, 6.07) is 8.69. The maximum atomic E-state index is 11.9. The Bertz CT molecular complexity index is 434. The van der Waals surface area contributed by atoms with Crippen molar-refractivity contribution in [2.45, 2.75) is 38.1 Å². The lowest BCUT2D eigenvalue weighted by Crippen LogP contribution is -2.34. The molecule has 1 unspecified atom stereocenters. The van der Waals surface area contributed by atoms with Crippen LogP contribution < -0.4 is 11.1 Å². The number of carbonyl (C=O) groups is 2. The fourth-order valence-electron chi connectivity index (χ4n) is 1.98. The second kappa shape index (κ2) is 9.94. The lowest BCUT2D eigenvalue weighted by molar-refractivity contribution is -0.140. The summed E-state index contributed by atoms with van der Waals surface area (Å²) in [5, 5.41) is 2.84. The molecule has 0 saturated carbocycles. The van der Waals surface area contributed by atoms with E-state index in [1.165, 1.54) is 7.11 Å². The van der Waals surface area contributed by atoms with E-state index in [9.17, 15) is 9.59 Å². The van der Waals surface area contributed by atoms with Crippen LogP contribution in [0.1, 0.15) is 43.7 Å². The highest BCUT2D eigenvalue weighted by molar-refractivity contribution is 5.82. The molecular weight excluding hydrogens is 268 g/mol. The largest absolute Gasteiger partial charge is 0.469 e. The number of unbranched alkanes of at least 4 members (excludes halogenated alkanes) is 3. The molecule has 1 rings (SSSR count). The molecule has 1 aromatic carbocycles. The summed E-state index contributed by atoms with van der Waals surface area (Å²) in [4.78, 5) is 22.8. The molecule has 0 fully saturated rings. The standard InChI is InChI=1S/C16H24N2O3/c1-21-14(19)11-7-2-3-8-12-18-16(20)15(17)13-9-5-4-6-10-13/h4-6,9-10,15H,2-3,7-8,11-12,17H2,1H3,(H,18,20). The second-order valence-corrected chi connectivity index (χ2v) is 4.92. The summed E-state index contributed by atoms with van der Waals surface area (Å²) in [6.07, 6.45) is 4.09. The molecule has 5 heteroatoms. The SMILES string of the molecule is COC(=O)CCCCCCNC(=O)C(N)c1ccccc1. The molecule has 1 aromatic rings. The molecule has 116 valence electrons. The number of hydrogen-bond acceptors (Lipinski definition) is 4. The first-order valence-corrected chi connectivity index (χ1v) is 7.30. The van der Waals surface area contributed by atoms with E-state index in [-0.39, 0.29) is 11.9 Å². The van der Waals surface area contributed by atoms with Gasteiger partial charge in [-0.05, 0) is 18.4 Å². The summed E-state index contributed by atoms with van der Waals surface area (Å²) < 4.78 is 4.57. The van der Waals surface area contributed by atoms with Crippen molar-refractivity contribution >= 4 is 11.9 Å². The Morgan fingerprint density at radius 1 is 1.14 bits per heavy atom. The van der Waals surface area contributed by atoms with Gasteiger partial charge in [-0.25, -0.2) is 0 Å². The summed E-state index contributed by atoms with van der Waals surface area (Å²) in [5.74, 6) is -0.326. The average Bonchev–Trinajstić information content (AvgIpc) is 2.53. The number of esters is 1. The summed E-state index contributed by atoms with van der Waals surface area (Å²) >= 11 is 0. The minimum atomic E-state index is -0.620. The maximum Gasteiger partial charge on any atom is 0.305 e. The first-order valence-electron chi connectivity index (χ1n) is 7.30. The van der Waals surface area contributed by atoms with Gasteiger partial charge in [0.25, 0.3) is 0 Å². The molecule has 5 nitrogen and oxygen atoms in total. The van der Waals surface area contributed by atoms with Gasteiger partial charge >= 0.3 is 5.97 Å². The normalized spacial score (nSPS) is 11.7. The van der Waals surface area contributed by atoms with Crippen LogP contribution in [0.2, 0.25) is 0 Å². The van der Waals surface area contributed by atoms with E-state index in [1.807, 2.05) is 30.3 Å². The highest BCUT2D eigenvalue weighted by atomic mass is 16.5. The van der Waals surface area contributed by atoms with Gasteiger partial charge in [0.2, 0.25) is 5.91 Å². The zero-order valence-electron chi connectivity index (χ0n) is 12.5. The van der Waals surface area contributed by atoms with Crippen LogP contribution in [0.3, 0.4) is 0 Å². The van der Waals surface area contributed by atoms with Gasteiger partial charge in [0.1, 0.15) is 6.04 Å². The lowest BCUT2D eigenvalue weighted by Gasteiger charge is -2.12. The van der Waals surface area contributed by atoms with Crippen molar-refractivity contribution in [2.24, 2.45) is 5.73 Å². The predicted octanol–water partition coefficient (Wildman–Crippen LogP) is 1.93. The van der Waals surface area contributed by atoms with Crippen LogP contribution in [-0.4, -0.2) is 25.5 Å². The van der Waals surface area contributed by atoms with Crippen LogP contribution >= 0.6 is 0 Å². The molecule has 0 aliphatic heterocycles.